The van der Waals surface area contributed by atoms with Gasteiger partial charge in [-0.3, -0.25) is 24.3 Å². The molecular weight excluding hydrogens is 419 g/mol. The van der Waals surface area contributed by atoms with Gasteiger partial charge in [-0.1, -0.05) is 35.3 Å². The van der Waals surface area contributed by atoms with Crippen LogP contribution in [0.3, 0.4) is 0 Å². The molecule has 0 aliphatic carbocycles. The molecule has 0 aliphatic rings. The molecule has 0 bridgehead atoms. The van der Waals surface area contributed by atoms with E-state index in [1.807, 2.05) is 12.1 Å². The minimum atomic E-state index is -0.471. The maximum Gasteiger partial charge on any atom is 0.312 e. The zero-order valence-electron chi connectivity index (χ0n) is 15.7. The van der Waals surface area contributed by atoms with Crippen LogP contribution in [0, 0.1) is 24.0 Å². The Morgan fingerprint density at radius 3 is 2.52 bits per heavy atom. The van der Waals surface area contributed by atoms with E-state index in [1.165, 1.54) is 4.68 Å². The molecule has 1 N–H and O–H groups in total. The summed E-state index contributed by atoms with van der Waals surface area (Å²) < 4.78 is 3.07. The van der Waals surface area contributed by atoms with Crippen LogP contribution in [-0.2, 0) is 17.9 Å². The molecule has 1 aromatic carbocycles. The fourth-order valence-electron chi connectivity index (χ4n) is 2.91. The summed E-state index contributed by atoms with van der Waals surface area (Å²) in [6.45, 7) is 3.85. The zero-order chi connectivity index (χ0) is 21.1. The van der Waals surface area contributed by atoms with Gasteiger partial charge in [0.15, 0.2) is 5.82 Å². The monoisotopic (exact) mass is 436 g/mol. The number of hydrogen-bond acceptors (Lipinski definition) is 5. The van der Waals surface area contributed by atoms with Gasteiger partial charge >= 0.3 is 5.69 Å². The number of rotatable bonds is 7. The fourth-order valence-corrected chi connectivity index (χ4v) is 3.23. The molecule has 1 amide bonds. The number of carbonyl (C=O) groups is 1. The van der Waals surface area contributed by atoms with Gasteiger partial charge in [-0.15, -0.1) is 0 Å². The van der Waals surface area contributed by atoms with E-state index in [-0.39, 0.29) is 30.4 Å². The zero-order valence-corrected chi connectivity index (χ0v) is 17.2. The summed E-state index contributed by atoms with van der Waals surface area (Å²) in [5, 5.41) is 23.1. The van der Waals surface area contributed by atoms with E-state index in [2.05, 4.69) is 15.5 Å². The summed E-state index contributed by atoms with van der Waals surface area (Å²) in [6.07, 6.45) is 1.69. The second-order valence-corrected chi connectivity index (χ2v) is 7.29. The van der Waals surface area contributed by atoms with Gasteiger partial charge in [-0.25, -0.2) is 0 Å². The molecule has 0 saturated carbocycles. The number of nitrogens with zero attached hydrogens (tertiary/aromatic N) is 5. The first-order valence-electron chi connectivity index (χ1n) is 8.70. The highest BCUT2D eigenvalue weighted by Gasteiger charge is 2.22. The van der Waals surface area contributed by atoms with Crippen molar-refractivity contribution < 1.29 is 9.72 Å². The van der Waals surface area contributed by atoms with Crippen molar-refractivity contribution in [1.29, 1.82) is 0 Å². The number of hydrogen-bond donors (Lipinski definition) is 1. The van der Waals surface area contributed by atoms with E-state index in [1.54, 1.807) is 36.9 Å². The van der Waals surface area contributed by atoms with E-state index in [0.29, 0.717) is 28.0 Å². The van der Waals surface area contributed by atoms with Gasteiger partial charge in [0.2, 0.25) is 5.91 Å². The van der Waals surface area contributed by atoms with Crippen LogP contribution in [-0.4, -0.2) is 30.4 Å². The van der Waals surface area contributed by atoms with E-state index in [4.69, 9.17) is 23.2 Å². The molecule has 152 valence electrons. The lowest BCUT2D eigenvalue weighted by atomic mass is 10.2. The summed E-state index contributed by atoms with van der Waals surface area (Å²) >= 11 is 12.1. The first kappa shape index (κ1) is 20.8. The Hall–Kier alpha value is -2.91. The smallest absolute Gasteiger partial charge is 0.308 e. The highest BCUT2D eigenvalue weighted by atomic mass is 35.5. The van der Waals surface area contributed by atoms with Gasteiger partial charge in [-0.05, 0) is 31.5 Å². The van der Waals surface area contributed by atoms with Crippen LogP contribution in [0.25, 0.3) is 0 Å². The average molecular weight is 437 g/mol. The van der Waals surface area contributed by atoms with Gasteiger partial charge in [0.1, 0.15) is 16.4 Å². The number of amides is 1. The molecule has 29 heavy (non-hydrogen) atoms. The second kappa shape index (κ2) is 8.62. The van der Waals surface area contributed by atoms with Crippen molar-refractivity contribution in [2.75, 3.05) is 5.32 Å². The molecule has 0 fully saturated rings. The summed E-state index contributed by atoms with van der Waals surface area (Å²) in [5.74, 6) is -0.0659. The van der Waals surface area contributed by atoms with Crippen LogP contribution >= 0.6 is 23.2 Å². The minimum absolute atomic E-state index is 0.0330. The number of halogens is 2. The highest BCUT2D eigenvalue weighted by molar-refractivity contribution is 6.33. The van der Waals surface area contributed by atoms with Crippen LogP contribution < -0.4 is 5.32 Å². The molecule has 0 spiro atoms. The lowest BCUT2D eigenvalue weighted by molar-refractivity contribution is -0.386. The van der Waals surface area contributed by atoms with E-state index in [9.17, 15) is 14.9 Å². The predicted molar refractivity (Wildman–Crippen MR) is 109 cm³/mol. The summed E-state index contributed by atoms with van der Waals surface area (Å²) in [4.78, 5) is 22.9. The number of carbonyl (C=O) groups excluding carboxylic acids is 1. The molecular formula is C18H18Cl2N6O3. The Kier molecular flexibility index (Phi) is 6.19. The highest BCUT2D eigenvalue weighted by Crippen LogP contribution is 2.23. The molecule has 9 nitrogen and oxygen atoms in total. The second-order valence-electron chi connectivity index (χ2n) is 6.45. The maximum atomic E-state index is 12.3. The largest absolute Gasteiger partial charge is 0.312 e. The number of aryl methyl sites for hydroxylation is 2. The molecule has 2 aromatic heterocycles. The number of nitro groups is 1. The SMILES string of the molecule is Cc1nn(CCC(=O)Nc2nn(Cc3ccc(Cl)cc3)cc2Cl)c(C)c1[N+](=O)[O-]. The Labute approximate surface area is 176 Å². The average Bonchev–Trinajstić information content (AvgIpc) is 3.13. The molecule has 3 rings (SSSR count). The lowest BCUT2D eigenvalue weighted by Crippen LogP contribution is -2.16. The van der Waals surface area contributed by atoms with Crippen LogP contribution in [0.1, 0.15) is 23.4 Å². The molecule has 11 heteroatoms. The summed E-state index contributed by atoms with van der Waals surface area (Å²) in [7, 11) is 0. The van der Waals surface area contributed by atoms with Gasteiger partial charge in [0, 0.05) is 17.6 Å². The molecule has 0 unspecified atom stereocenters. The van der Waals surface area contributed by atoms with Gasteiger partial charge < -0.3 is 5.32 Å². The molecule has 2 heterocycles. The molecule has 0 atom stereocenters. The summed E-state index contributed by atoms with van der Waals surface area (Å²) in [6, 6.07) is 7.33. The standard InChI is InChI=1S/C18H18Cl2N6O3/c1-11-17(26(28)29)12(2)25(22-11)8-7-16(27)21-18-15(20)10-24(23-18)9-13-3-5-14(19)6-4-13/h3-6,10H,7-9H2,1-2H3,(H,21,23,27). The van der Waals surface area contributed by atoms with Crippen LogP contribution in [0.4, 0.5) is 11.5 Å². The number of benzene rings is 1. The van der Waals surface area contributed by atoms with Crippen LogP contribution in [0.2, 0.25) is 10.0 Å². The molecule has 0 aliphatic heterocycles. The Bertz CT molecular complexity index is 1060. The van der Waals surface area contributed by atoms with Crippen molar-refractivity contribution in [1.82, 2.24) is 19.6 Å². The van der Waals surface area contributed by atoms with E-state index in [0.717, 1.165) is 5.56 Å². The molecule has 0 radical (unpaired) electrons. The van der Waals surface area contributed by atoms with Crippen molar-refractivity contribution in [2.24, 2.45) is 0 Å². The molecule has 0 saturated heterocycles. The normalized spacial score (nSPS) is 10.9. The van der Waals surface area contributed by atoms with Gasteiger partial charge in [0.05, 0.1) is 18.0 Å². The van der Waals surface area contributed by atoms with Gasteiger partial charge in [0.25, 0.3) is 0 Å². The van der Waals surface area contributed by atoms with Crippen LogP contribution in [0.15, 0.2) is 30.5 Å². The summed E-state index contributed by atoms with van der Waals surface area (Å²) in [5.41, 5.74) is 1.68. The lowest BCUT2D eigenvalue weighted by Gasteiger charge is -2.05. The number of nitrogens with one attached hydrogen (secondary N) is 1. The fraction of sp³-hybridized carbons (Fsp3) is 0.278. The van der Waals surface area contributed by atoms with Crippen molar-refractivity contribution in [3.05, 3.63) is 67.6 Å². The van der Waals surface area contributed by atoms with E-state index >= 15 is 0 Å². The van der Waals surface area contributed by atoms with E-state index < -0.39 is 4.92 Å². The first-order chi connectivity index (χ1) is 13.7. The Morgan fingerprint density at radius 1 is 1.21 bits per heavy atom. The molecule has 3 aromatic rings. The third kappa shape index (κ3) is 4.93. The van der Waals surface area contributed by atoms with Crippen molar-refractivity contribution in [2.45, 2.75) is 33.4 Å². The quantitative estimate of drug-likeness (QED) is 0.444. The van der Waals surface area contributed by atoms with Crippen molar-refractivity contribution in [3.8, 4) is 0 Å². The van der Waals surface area contributed by atoms with Crippen LogP contribution in [0.5, 0.6) is 0 Å². The minimum Gasteiger partial charge on any atom is -0.308 e. The number of aromatic nitrogens is 4. The predicted octanol–water partition coefficient (Wildman–Crippen LogP) is 3.99. The Balaban J connectivity index is 1.61. The topological polar surface area (TPSA) is 108 Å². The maximum absolute atomic E-state index is 12.3. The number of anilines is 1. The van der Waals surface area contributed by atoms with Gasteiger partial charge in [-0.2, -0.15) is 10.2 Å². The third-order valence-electron chi connectivity index (χ3n) is 4.31. The first-order valence-corrected chi connectivity index (χ1v) is 9.46. The van der Waals surface area contributed by atoms with Crippen molar-refractivity contribution in [3.63, 3.8) is 0 Å². The van der Waals surface area contributed by atoms with Crippen molar-refractivity contribution >= 4 is 40.6 Å². The Morgan fingerprint density at radius 2 is 1.90 bits per heavy atom. The third-order valence-corrected chi connectivity index (χ3v) is 4.84.